The number of hydrogen-bond acceptors (Lipinski definition) is 5. The highest BCUT2D eigenvalue weighted by Gasteiger charge is 2.33. The maximum absolute atomic E-state index is 12.9. The fourth-order valence-corrected chi connectivity index (χ4v) is 5.75. The number of amides is 1. The second-order valence-corrected chi connectivity index (χ2v) is 10.7. The van der Waals surface area contributed by atoms with Crippen molar-refractivity contribution in [1.29, 1.82) is 0 Å². The Morgan fingerprint density at radius 2 is 1.82 bits per heavy atom. The average molecular weight is 507 g/mol. The summed E-state index contributed by atoms with van der Waals surface area (Å²) in [5, 5.41) is 8.28. The van der Waals surface area contributed by atoms with Gasteiger partial charge in [0, 0.05) is 53.5 Å². The maximum Gasteiger partial charge on any atom is 0.243 e. The van der Waals surface area contributed by atoms with Crippen molar-refractivity contribution in [3.05, 3.63) is 64.8 Å². The first kappa shape index (κ1) is 23.8. The number of fused-ring (bicyclic) bond motifs is 1. The Bertz CT molecular complexity index is 1250. The minimum absolute atomic E-state index is 0.140. The second-order valence-electron chi connectivity index (χ2n) is 7.89. The van der Waals surface area contributed by atoms with Crippen LogP contribution in [0, 0.1) is 5.92 Å². The third-order valence-corrected chi connectivity index (χ3v) is 8.02. The lowest BCUT2D eigenvalue weighted by Crippen LogP contribution is -2.46. The van der Waals surface area contributed by atoms with Crippen LogP contribution in [0.2, 0.25) is 10.0 Å². The van der Waals surface area contributed by atoms with Gasteiger partial charge in [0.25, 0.3) is 0 Å². The van der Waals surface area contributed by atoms with Gasteiger partial charge in [-0.1, -0.05) is 23.2 Å². The molecule has 0 aliphatic carbocycles. The highest BCUT2D eigenvalue weighted by atomic mass is 35.5. The third-order valence-electron chi connectivity index (χ3n) is 5.65. The van der Waals surface area contributed by atoms with E-state index in [0.29, 0.717) is 42.5 Å². The van der Waals surface area contributed by atoms with Crippen molar-refractivity contribution in [2.45, 2.75) is 17.7 Å². The Hall–Kier alpha value is -2.39. The SMILES string of the molecule is O=C(NCCNc1ccnc2cc(Cl)ccc12)[C@@H]1CCCN(S(=O)(=O)c2ccc(Cl)cc2)C1. The summed E-state index contributed by atoms with van der Waals surface area (Å²) in [5.74, 6) is -0.524. The van der Waals surface area contributed by atoms with Gasteiger partial charge in [0.15, 0.2) is 0 Å². The molecule has 2 N–H and O–H groups in total. The number of carbonyl (C=O) groups is 1. The molecule has 10 heteroatoms. The molecule has 2 aromatic carbocycles. The standard InChI is InChI=1S/C23H24Cl2N4O3S/c24-17-3-6-19(7-4-17)33(31,32)29-13-1-2-16(15-29)23(30)28-12-11-27-21-9-10-26-22-14-18(25)5-8-20(21)22/h3-10,14,16H,1-2,11-13,15H2,(H,26,27)(H,28,30)/t16-/m1/s1. The van der Waals surface area contributed by atoms with Gasteiger partial charge in [-0.3, -0.25) is 9.78 Å². The monoisotopic (exact) mass is 506 g/mol. The largest absolute Gasteiger partial charge is 0.383 e. The lowest BCUT2D eigenvalue weighted by atomic mass is 9.99. The van der Waals surface area contributed by atoms with Gasteiger partial charge < -0.3 is 10.6 Å². The molecule has 1 saturated heterocycles. The summed E-state index contributed by atoms with van der Waals surface area (Å²) >= 11 is 11.9. The first-order valence-corrected chi connectivity index (χ1v) is 12.9. The number of carbonyl (C=O) groups excluding carboxylic acids is 1. The van der Waals surface area contributed by atoms with E-state index in [9.17, 15) is 13.2 Å². The number of aromatic nitrogens is 1. The van der Waals surface area contributed by atoms with E-state index in [1.165, 1.54) is 16.4 Å². The van der Waals surface area contributed by atoms with Gasteiger partial charge in [-0.2, -0.15) is 4.31 Å². The number of piperidine rings is 1. The first-order valence-electron chi connectivity index (χ1n) is 10.7. The van der Waals surface area contributed by atoms with Crippen molar-refractivity contribution in [1.82, 2.24) is 14.6 Å². The molecule has 0 radical (unpaired) electrons. The number of hydrogen-bond donors (Lipinski definition) is 2. The Balaban J connectivity index is 1.31. The van der Waals surface area contributed by atoms with Crippen LogP contribution >= 0.6 is 23.2 Å². The molecular formula is C23H24Cl2N4O3S. The number of sulfonamides is 1. The molecule has 1 fully saturated rings. The Morgan fingerprint density at radius 3 is 2.61 bits per heavy atom. The van der Waals surface area contributed by atoms with Crippen LogP contribution in [0.1, 0.15) is 12.8 Å². The molecule has 3 aromatic rings. The minimum Gasteiger partial charge on any atom is -0.383 e. The fourth-order valence-electron chi connectivity index (χ4n) is 3.93. The van der Waals surface area contributed by atoms with E-state index in [-0.39, 0.29) is 23.3 Å². The topological polar surface area (TPSA) is 91.4 Å². The molecule has 1 amide bonds. The number of nitrogens with zero attached hydrogens (tertiary/aromatic N) is 2. The molecule has 4 rings (SSSR count). The molecule has 1 aromatic heterocycles. The van der Waals surface area contributed by atoms with Crippen molar-refractivity contribution in [2.75, 3.05) is 31.5 Å². The normalized spacial score (nSPS) is 17.1. The van der Waals surface area contributed by atoms with E-state index in [4.69, 9.17) is 23.2 Å². The molecule has 1 atom stereocenters. The quantitative estimate of drug-likeness (QED) is 0.469. The molecule has 7 nitrogen and oxygen atoms in total. The Morgan fingerprint density at radius 1 is 1.06 bits per heavy atom. The van der Waals surface area contributed by atoms with Gasteiger partial charge >= 0.3 is 0 Å². The van der Waals surface area contributed by atoms with E-state index in [0.717, 1.165) is 16.6 Å². The molecule has 0 bridgehead atoms. The number of halogens is 2. The van der Waals surface area contributed by atoms with Gasteiger partial charge in [-0.15, -0.1) is 0 Å². The smallest absolute Gasteiger partial charge is 0.243 e. The van der Waals surface area contributed by atoms with E-state index in [2.05, 4.69) is 15.6 Å². The van der Waals surface area contributed by atoms with E-state index in [1.807, 2.05) is 18.2 Å². The van der Waals surface area contributed by atoms with Crippen molar-refractivity contribution >= 4 is 55.7 Å². The van der Waals surface area contributed by atoms with Crippen molar-refractivity contribution in [3.8, 4) is 0 Å². The van der Waals surface area contributed by atoms with Crippen molar-refractivity contribution in [2.24, 2.45) is 5.92 Å². The zero-order valence-electron chi connectivity index (χ0n) is 17.8. The van der Waals surface area contributed by atoms with Gasteiger partial charge in [0.05, 0.1) is 16.3 Å². The van der Waals surface area contributed by atoms with Crippen molar-refractivity contribution < 1.29 is 13.2 Å². The average Bonchev–Trinajstić information content (AvgIpc) is 2.82. The summed E-state index contributed by atoms with van der Waals surface area (Å²) in [5.41, 5.74) is 1.70. The van der Waals surface area contributed by atoms with Crippen LogP contribution in [-0.4, -0.2) is 49.8 Å². The minimum atomic E-state index is -3.66. The summed E-state index contributed by atoms with van der Waals surface area (Å²) in [7, 11) is -3.66. The molecule has 33 heavy (non-hydrogen) atoms. The van der Waals surface area contributed by atoms with Crippen LogP contribution in [0.15, 0.2) is 59.6 Å². The van der Waals surface area contributed by atoms with E-state index >= 15 is 0 Å². The number of anilines is 1. The maximum atomic E-state index is 12.9. The number of pyridine rings is 1. The Kier molecular flexibility index (Phi) is 7.38. The van der Waals surface area contributed by atoms with E-state index < -0.39 is 10.0 Å². The molecule has 1 aliphatic rings. The molecule has 174 valence electrons. The van der Waals surface area contributed by atoms with Gasteiger partial charge in [0.1, 0.15) is 0 Å². The number of rotatable bonds is 7. The summed E-state index contributed by atoms with van der Waals surface area (Å²) < 4.78 is 27.3. The van der Waals surface area contributed by atoms with E-state index in [1.54, 1.807) is 24.4 Å². The zero-order chi connectivity index (χ0) is 23.4. The predicted octanol–water partition coefficient (Wildman–Crippen LogP) is 4.17. The molecule has 0 spiro atoms. The lowest BCUT2D eigenvalue weighted by Gasteiger charge is -2.31. The van der Waals surface area contributed by atoms with Crippen LogP contribution in [0.25, 0.3) is 10.9 Å². The van der Waals surface area contributed by atoms with Crippen LogP contribution in [0.4, 0.5) is 5.69 Å². The fraction of sp³-hybridized carbons (Fsp3) is 0.304. The third kappa shape index (κ3) is 5.58. The van der Waals surface area contributed by atoms with Gasteiger partial charge in [-0.25, -0.2) is 8.42 Å². The van der Waals surface area contributed by atoms with Crippen LogP contribution in [0.5, 0.6) is 0 Å². The highest BCUT2D eigenvalue weighted by Crippen LogP contribution is 2.26. The van der Waals surface area contributed by atoms with Crippen LogP contribution < -0.4 is 10.6 Å². The summed E-state index contributed by atoms with van der Waals surface area (Å²) in [6.45, 7) is 1.50. The zero-order valence-corrected chi connectivity index (χ0v) is 20.1. The lowest BCUT2D eigenvalue weighted by molar-refractivity contribution is -0.125. The molecular weight excluding hydrogens is 483 g/mol. The summed E-state index contributed by atoms with van der Waals surface area (Å²) in [6, 6.07) is 13.5. The summed E-state index contributed by atoms with van der Waals surface area (Å²) in [6.07, 6.45) is 2.99. The molecule has 1 aliphatic heterocycles. The molecule has 0 saturated carbocycles. The highest BCUT2D eigenvalue weighted by molar-refractivity contribution is 7.89. The summed E-state index contributed by atoms with van der Waals surface area (Å²) in [4.78, 5) is 17.2. The van der Waals surface area contributed by atoms with Crippen LogP contribution in [0.3, 0.4) is 0 Å². The first-order chi connectivity index (χ1) is 15.8. The van der Waals surface area contributed by atoms with Gasteiger partial charge in [-0.05, 0) is 61.4 Å². The van der Waals surface area contributed by atoms with Crippen LogP contribution in [-0.2, 0) is 14.8 Å². The second kappa shape index (κ2) is 10.3. The number of benzene rings is 2. The number of nitrogens with one attached hydrogen (secondary N) is 2. The molecule has 2 heterocycles. The van der Waals surface area contributed by atoms with Gasteiger partial charge in [0.2, 0.25) is 15.9 Å². The predicted molar refractivity (Wildman–Crippen MR) is 131 cm³/mol. The Labute approximate surface area is 203 Å². The molecule has 0 unspecified atom stereocenters. The van der Waals surface area contributed by atoms with Crippen molar-refractivity contribution in [3.63, 3.8) is 0 Å².